The second kappa shape index (κ2) is 5.67. The van der Waals surface area contributed by atoms with Gasteiger partial charge >= 0.3 is 12.0 Å². The molecule has 7 heteroatoms. The summed E-state index contributed by atoms with van der Waals surface area (Å²) >= 11 is 0. The number of nitrogens with zero attached hydrogens (tertiary/aromatic N) is 2. The fourth-order valence-corrected chi connectivity index (χ4v) is 2.33. The van der Waals surface area contributed by atoms with Gasteiger partial charge in [0, 0.05) is 19.3 Å². The minimum absolute atomic E-state index is 0.169. The lowest BCUT2D eigenvalue weighted by molar-refractivity contribution is -0.146. The van der Waals surface area contributed by atoms with E-state index in [9.17, 15) is 14.0 Å². The zero-order chi connectivity index (χ0) is 15.6. The molecule has 2 rings (SSSR count). The molecule has 1 aliphatic heterocycles. The van der Waals surface area contributed by atoms with Crippen LogP contribution in [-0.2, 0) is 4.79 Å². The number of amides is 2. The molecular formula is C14H18FN3O3. The van der Waals surface area contributed by atoms with E-state index in [0.717, 1.165) is 6.20 Å². The van der Waals surface area contributed by atoms with E-state index in [-0.39, 0.29) is 12.6 Å². The molecule has 1 saturated heterocycles. The van der Waals surface area contributed by atoms with Crippen molar-refractivity contribution in [3.8, 4) is 0 Å². The van der Waals surface area contributed by atoms with Crippen LogP contribution in [-0.4, -0.2) is 40.1 Å². The topological polar surface area (TPSA) is 82.5 Å². The van der Waals surface area contributed by atoms with Gasteiger partial charge < -0.3 is 15.3 Å². The predicted molar refractivity (Wildman–Crippen MR) is 73.1 cm³/mol. The lowest BCUT2D eigenvalue weighted by Gasteiger charge is -2.23. The summed E-state index contributed by atoms with van der Waals surface area (Å²) in [4.78, 5) is 28.5. The summed E-state index contributed by atoms with van der Waals surface area (Å²) in [5.74, 6) is -1.37. The molecule has 0 aliphatic carbocycles. The number of hydrogen-bond donors (Lipinski definition) is 2. The number of aromatic nitrogens is 1. The summed E-state index contributed by atoms with van der Waals surface area (Å²) in [7, 11) is 0. The first-order valence-electron chi connectivity index (χ1n) is 6.71. The minimum Gasteiger partial charge on any atom is -0.481 e. The smallest absolute Gasteiger partial charge is 0.317 e. The number of nitrogens with one attached hydrogen (secondary N) is 1. The van der Waals surface area contributed by atoms with Gasteiger partial charge in [-0.1, -0.05) is 0 Å². The monoisotopic (exact) mass is 295 g/mol. The van der Waals surface area contributed by atoms with Gasteiger partial charge in [-0.2, -0.15) is 0 Å². The maximum absolute atomic E-state index is 13.1. The fourth-order valence-electron chi connectivity index (χ4n) is 2.33. The lowest BCUT2D eigenvalue weighted by atomic mass is 9.90. The lowest BCUT2D eigenvalue weighted by Crippen LogP contribution is -2.41. The molecule has 1 aromatic rings. The van der Waals surface area contributed by atoms with Gasteiger partial charge in [0.2, 0.25) is 0 Å². The number of rotatable bonds is 3. The van der Waals surface area contributed by atoms with Crippen molar-refractivity contribution in [1.29, 1.82) is 0 Å². The maximum Gasteiger partial charge on any atom is 0.317 e. The molecule has 1 fully saturated rings. The highest BCUT2D eigenvalue weighted by Crippen LogP contribution is 2.30. The van der Waals surface area contributed by atoms with Gasteiger partial charge in [-0.05, 0) is 31.9 Å². The molecule has 1 aromatic heterocycles. The molecule has 2 amide bonds. The second-order valence-electron chi connectivity index (χ2n) is 5.65. The normalized spacial score (nSPS) is 22.9. The number of likely N-dealkylation sites (tertiary alicyclic amines) is 1. The number of carbonyl (C=O) groups is 2. The van der Waals surface area contributed by atoms with E-state index in [1.807, 2.05) is 0 Å². The summed E-state index contributed by atoms with van der Waals surface area (Å²) in [6, 6.07) is 0.553. The number of carboxylic acid groups (broad SMARTS) is 1. The third-order valence-corrected chi connectivity index (χ3v) is 3.84. The summed E-state index contributed by atoms with van der Waals surface area (Å²) < 4.78 is 13.1. The number of carboxylic acids is 1. The van der Waals surface area contributed by atoms with Crippen LogP contribution in [0.5, 0.6) is 0 Å². The van der Waals surface area contributed by atoms with E-state index in [2.05, 4.69) is 10.3 Å². The maximum atomic E-state index is 13.1. The molecule has 0 bridgehead atoms. The van der Waals surface area contributed by atoms with Gasteiger partial charge in [0.1, 0.15) is 5.82 Å². The average molecular weight is 295 g/mol. The molecule has 0 radical (unpaired) electrons. The molecule has 1 aliphatic rings. The molecule has 1 unspecified atom stereocenters. The first-order valence-corrected chi connectivity index (χ1v) is 6.71. The number of urea groups is 1. The number of carbonyl (C=O) groups excluding carboxylic acids is 1. The van der Waals surface area contributed by atoms with E-state index < -0.39 is 23.2 Å². The number of halogens is 1. The van der Waals surface area contributed by atoms with Crippen LogP contribution in [0, 0.1) is 11.2 Å². The van der Waals surface area contributed by atoms with Gasteiger partial charge in [0.05, 0.1) is 17.7 Å². The van der Waals surface area contributed by atoms with Crippen LogP contribution in [0.1, 0.15) is 31.9 Å². The van der Waals surface area contributed by atoms with Crippen molar-refractivity contribution in [3.05, 3.63) is 29.8 Å². The Bertz CT molecular complexity index is 566. The fraction of sp³-hybridized carbons (Fsp3) is 0.500. The SMILES string of the molecule is C[C@H](NC(=O)N1CCC(C)(C(=O)O)C1)c1cncc(F)c1. The highest BCUT2D eigenvalue weighted by molar-refractivity contribution is 5.79. The Hall–Kier alpha value is -2.18. The molecule has 2 N–H and O–H groups in total. The zero-order valence-electron chi connectivity index (χ0n) is 12.0. The summed E-state index contributed by atoms with van der Waals surface area (Å²) in [5.41, 5.74) is -0.343. The highest BCUT2D eigenvalue weighted by atomic mass is 19.1. The Labute approximate surface area is 122 Å². The third kappa shape index (κ3) is 3.29. The van der Waals surface area contributed by atoms with Crippen LogP contribution >= 0.6 is 0 Å². The molecule has 114 valence electrons. The van der Waals surface area contributed by atoms with E-state index in [1.54, 1.807) is 13.8 Å². The molecule has 0 saturated carbocycles. The van der Waals surface area contributed by atoms with Crippen LogP contribution in [0.25, 0.3) is 0 Å². The van der Waals surface area contributed by atoms with Gasteiger partial charge in [-0.3, -0.25) is 9.78 Å². The minimum atomic E-state index is -0.903. The second-order valence-corrected chi connectivity index (χ2v) is 5.65. The van der Waals surface area contributed by atoms with Gasteiger partial charge in [0.25, 0.3) is 0 Å². The Morgan fingerprint density at radius 2 is 2.24 bits per heavy atom. The number of aliphatic carboxylic acids is 1. The average Bonchev–Trinajstić information content (AvgIpc) is 2.83. The van der Waals surface area contributed by atoms with Crippen molar-refractivity contribution in [2.45, 2.75) is 26.3 Å². The predicted octanol–water partition coefficient (Wildman–Crippen LogP) is 1.79. The molecule has 2 heterocycles. The van der Waals surface area contributed by atoms with Crippen LogP contribution < -0.4 is 5.32 Å². The molecule has 0 spiro atoms. The number of hydrogen-bond acceptors (Lipinski definition) is 3. The quantitative estimate of drug-likeness (QED) is 0.890. The highest BCUT2D eigenvalue weighted by Gasteiger charge is 2.42. The van der Waals surface area contributed by atoms with Crippen molar-refractivity contribution in [1.82, 2.24) is 15.2 Å². The molecule has 0 aromatic carbocycles. The first kappa shape index (κ1) is 15.2. The number of pyridine rings is 1. The third-order valence-electron chi connectivity index (χ3n) is 3.84. The van der Waals surface area contributed by atoms with E-state index in [1.165, 1.54) is 17.2 Å². The Morgan fingerprint density at radius 3 is 2.81 bits per heavy atom. The Morgan fingerprint density at radius 1 is 1.52 bits per heavy atom. The molecule has 6 nitrogen and oxygen atoms in total. The van der Waals surface area contributed by atoms with Crippen molar-refractivity contribution in [2.24, 2.45) is 5.41 Å². The first-order chi connectivity index (χ1) is 9.82. The zero-order valence-corrected chi connectivity index (χ0v) is 12.0. The van der Waals surface area contributed by atoms with E-state index in [0.29, 0.717) is 18.5 Å². The van der Waals surface area contributed by atoms with E-state index >= 15 is 0 Å². The molecular weight excluding hydrogens is 277 g/mol. The van der Waals surface area contributed by atoms with Gasteiger partial charge in [-0.25, -0.2) is 9.18 Å². The molecule has 2 atom stereocenters. The molecule has 21 heavy (non-hydrogen) atoms. The summed E-state index contributed by atoms with van der Waals surface area (Å²) in [5, 5.41) is 11.9. The summed E-state index contributed by atoms with van der Waals surface area (Å²) in [6.07, 6.45) is 3.00. The van der Waals surface area contributed by atoms with Crippen molar-refractivity contribution in [2.75, 3.05) is 13.1 Å². The van der Waals surface area contributed by atoms with Crippen LogP contribution in [0.4, 0.5) is 9.18 Å². The van der Waals surface area contributed by atoms with Crippen LogP contribution in [0.15, 0.2) is 18.5 Å². The Kier molecular flexibility index (Phi) is 4.11. The van der Waals surface area contributed by atoms with Crippen LogP contribution in [0.3, 0.4) is 0 Å². The van der Waals surface area contributed by atoms with Crippen molar-refractivity contribution >= 4 is 12.0 Å². The van der Waals surface area contributed by atoms with Gasteiger partial charge in [-0.15, -0.1) is 0 Å². The largest absolute Gasteiger partial charge is 0.481 e. The summed E-state index contributed by atoms with van der Waals surface area (Å²) in [6.45, 7) is 3.91. The van der Waals surface area contributed by atoms with Crippen LogP contribution in [0.2, 0.25) is 0 Å². The van der Waals surface area contributed by atoms with Gasteiger partial charge in [0.15, 0.2) is 0 Å². The standard InChI is InChI=1S/C14H18FN3O3/c1-9(10-5-11(15)7-16-6-10)17-13(21)18-4-3-14(2,8-18)12(19)20/h5-7,9H,3-4,8H2,1-2H3,(H,17,21)(H,19,20)/t9-,14?/m0/s1. The Balaban J connectivity index is 1.98. The van der Waals surface area contributed by atoms with Crippen molar-refractivity contribution in [3.63, 3.8) is 0 Å². The van der Waals surface area contributed by atoms with Crippen molar-refractivity contribution < 1.29 is 19.1 Å². The van der Waals surface area contributed by atoms with E-state index in [4.69, 9.17) is 5.11 Å².